The van der Waals surface area contributed by atoms with E-state index in [9.17, 15) is 10.1 Å². The zero-order chi connectivity index (χ0) is 36.6. The van der Waals surface area contributed by atoms with Gasteiger partial charge in [-0.2, -0.15) is 5.26 Å². The monoisotopic (exact) mass is 693 g/mol. The van der Waals surface area contributed by atoms with Crippen LogP contribution in [0.15, 0.2) is 53.8 Å². The van der Waals surface area contributed by atoms with Crippen LogP contribution in [-0.4, -0.2) is 29.7 Å². The largest absolute Gasteiger partial charge is 0.475 e. The van der Waals surface area contributed by atoms with E-state index < -0.39 is 5.41 Å². The smallest absolute Gasteiger partial charge is 0.315 e. The molecule has 51 heavy (non-hydrogen) atoms. The van der Waals surface area contributed by atoms with Crippen LogP contribution in [0.4, 0.5) is 0 Å². The van der Waals surface area contributed by atoms with E-state index in [-0.39, 0.29) is 34.8 Å². The van der Waals surface area contributed by atoms with Crippen molar-refractivity contribution in [1.29, 1.82) is 5.26 Å². The number of carbonyl (C=O) groups is 1. The summed E-state index contributed by atoms with van der Waals surface area (Å²) in [6, 6.07) is 5.57. The molecule has 1 aromatic rings. The van der Waals surface area contributed by atoms with Crippen LogP contribution in [0.3, 0.4) is 0 Å². The first-order valence-electron chi connectivity index (χ1n) is 20.1. The summed E-state index contributed by atoms with van der Waals surface area (Å²) >= 11 is 0. The topological polar surface area (TPSA) is 98.2 Å². The van der Waals surface area contributed by atoms with Gasteiger partial charge in [-0.1, -0.05) is 58.9 Å². The number of rotatable bonds is 7. The van der Waals surface area contributed by atoms with Gasteiger partial charge in [0.1, 0.15) is 23.7 Å². The molecule has 7 rings (SSSR count). The second kappa shape index (κ2) is 12.6. The number of hydrogen-bond donors (Lipinski definition) is 1. The molecule has 0 spiro atoms. The molecule has 0 amide bonds. The van der Waals surface area contributed by atoms with Gasteiger partial charge in [0.15, 0.2) is 0 Å². The summed E-state index contributed by atoms with van der Waals surface area (Å²) < 4.78 is 11.7. The highest BCUT2D eigenvalue weighted by Gasteiger charge is 2.70. The Morgan fingerprint density at radius 3 is 2.47 bits per heavy atom. The van der Waals surface area contributed by atoms with Gasteiger partial charge in [0, 0.05) is 11.7 Å². The summed E-state index contributed by atoms with van der Waals surface area (Å²) in [5.74, 6) is 3.18. The molecule has 1 unspecified atom stereocenters. The number of nitriles is 1. The molecular weight excluding hydrogens is 631 g/mol. The van der Waals surface area contributed by atoms with Crippen molar-refractivity contribution < 1.29 is 14.3 Å². The minimum Gasteiger partial charge on any atom is -0.475 e. The number of nitrogens with zero attached hydrogens (tertiary/aromatic N) is 2. The van der Waals surface area contributed by atoms with Gasteiger partial charge in [-0.25, -0.2) is 4.98 Å². The molecular formula is C45H63N3O3. The minimum absolute atomic E-state index is 0.00865. The molecule has 10 atom stereocenters. The molecule has 0 radical (unpaired) electrons. The van der Waals surface area contributed by atoms with Gasteiger partial charge in [0.2, 0.25) is 5.88 Å². The normalized spacial score (nSPS) is 42.5. The standard InChI is InChI=1S/C45H63N3O3/c1-9-50-39(49)44(28-51-38-31(27-46)11-10-26-48-38)21-14-30(15-22-44)33-17-19-41(6)35(40(33,4)5)18-20-43(8)36(41)13-12-34-37-32(29(2)3)16-23-45(37,47)25-24-42(34,43)7/h10-11,14,17,26,32,34-37H,2,9,12-13,15-16,18-25,28,47H2,1,3-8H3/t32?,34-,35+,36-,37-,41+,42-,43-,44+,45+/m1/s1. The van der Waals surface area contributed by atoms with E-state index in [0.717, 1.165) is 12.8 Å². The molecule has 0 bridgehead atoms. The Morgan fingerprint density at radius 2 is 1.78 bits per heavy atom. The molecule has 1 heterocycles. The molecule has 4 fully saturated rings. The number of ether oxygens (including phenoxy) is 2. The van der Waals surface area contributed by atoms with Crippen LogP contribution in [-0.2, 0) is 9.53 Å². The average Bonchev–Trinajstić information content (AvgIpc) is 3.46. The Balaban J connectivity index is 1.15. The molecule has 0 aliphatic heterocycles. The predicted octanol–water partition coefficient (Wildman–Crippen LogP) is 9.90. The molecule has 6 heteroatoms. The Labute approximate surface area is 307 Å². The molecule has 0 saturated heterocycles. The first-order valence-corrected chi connectivity index (χ1v) is 20.1. The fraction of sp³-hybridized carbons (Fsp3) is 0.711. The highest BCUT2D eigenvalue weighted by atomic mass is 16.5. The molecule has 2 N–H and O–H groups in total. The summed E-state index contributed by atoms with van der Waals surface area (Å²) in [5.41, 5.74) is 12.0. The molecule has 1 aromatic heterocycles. The van der Waals surface area contributed by atoms with E-state index in [1.807, 2.05) is 6.92 Å². The lowest BCUT2D eigenvalue weighted by Crippen LogP contribution is -2.67. The van der Waals surface area contributed by atoms with Crippen molar-refractivity contribution in [3.63, 3.8) is 0 Å². The Hall–Kier alpha value is -2.91. The van der Waals surface area contributed by atoms with Crippen molar-refractivity contribution in [2.45, 2.75) is 131 Å². The maximum Gasteiger partial charge on any atom is 0.315 e. The van der Waals surface area contributed by atoms with Gasteiger partial charge >= 0.3 is 5.97 Å². The van der Waals surface area contributed by atoms with Crippen molar-refractivity contribution in [3.8, 4) is 11.9 Å². The lowest BCUT2D eigenvalue weighted by atomic mass is 9.33. The molecule has 276 valence electrons. The summed E-state index contributed by atoms with van der Waals surface area (Å²) in [7, 11) is 0. The lowest BCUT2D eigenvalue weighted by Gasteiger charge is -2.72. The maximum absolute atomic E-state index is 13.5. The fourth-order valence-corrected chi connectivity index (χ4v) is 14.0. The number of nitrogens with two attached hydrogens (primary N) is 1. The number of hydrogen-bond acceptors (Lipinski definition) is 6. The number of esters is 1. The van der Waals surface area contributed by atoms with Crippen LogP contribution in [0.2, 0.25) is 0 Å². The van der Waals surface area contributed by atoms with Gasteiger partial charge in [0.25, 0.3) is 0 Å². The number of carbonyl (C=O) groups excluding carboxylic acids is 1. The maximum atomic E-state index is 13.5. The van der Waals surface area contributed by atoms with E-state index in [2.05, 4.69) is 71.3 Å². The number of allylic oxidation sites excluding steroid dienone is 5. The zero-order valence-corrected chi connectivity index (χ0v) is 32.6. The Bertz CT molecular complexity index is 1690. The Kier molecular flexibility index (Phi) is 9.01. The first kappa shape index (κ1) is 36.4. The number of fused-ring (bicyclic) bond motifs is 7. The second-order valence-corrected chi connectivity index (χ2v) is 19.2. The molecule has 6 aliphatic rings. The van der Waals surface area contributed by atoms with E-state index >= 15 is 0 Å². The van der Waals surface area contributed by atoms with Crippen LogP contribution in [0.1, 0.15) is 131 Å². The molecule has 6 nitrogen and oxygen atoms in total. The van der Waals surface area contributed by atoms with E-state index in [1.165, 1.54) is 68.1 Å². The third kappa shape index (κ3) is 5.32. The zero-order valence-electron chi connectivity index (χ0n) is 32.6. The Morgan fingerprint density at radius 1 is 1.00 bits per heavy atom. The predicted molar refractivity (Wildman–Crippen MR) is 202 cm³/mol. The SMILES string of the molecule is C=C(C)C1CC[C@]2(N)CC[C@]3(C)[C@H](CC[C@@H]4[C@@]5(C)CC=C(C6=CC[C@](COc7ncccc7C#N)(C(=O)OCC)CC6)C(C)(C)[C@@H]5CC[C@]43C)[C@@H]12. The molecule has 0 aromatic carbocycles. The number of aromatic nitrogens is 1. The third-order valence-electron chi connectivity index (χ3n) is 16.8. The average molecular weight is 694 g/mol. The van der Waals surface area contributed by atoms with Crippen LogP contribution in [0.5, 0.6) is 5.88 Å². The molecule has 6 aliphatic carbocycles. The van der Waals surface area contributed by atoms with Gasteiger partial charge < -0.3 is 15.2 Å². The van der Waals surface area contributed by atoms with Gasteiger partial charge in [-0.3, -0.25) is 4.79 Å². The summed E-state index contributed by atoms with van der Waals surface area (Å²) in [6.07, 6.45) is 19.7. The van der Waals surface area contributed by atoms with Crippen molar-refractivity contribution in [2.24, 2.45) is 62.4 Å². The fourth-order valence-electron chi connectivity index (χ4n) is 14.0. The highest BCUT2D eigenvalue weighted by molar-refractivity contribution is 5.78. The highest BCUT2D eigenvalue weighted by Crippen LogP contribution is 2.76. The van der Waals surface area contributed by atoms with Gasteiger partial charge in [-0.15, -0.1) is 0 Å². The van der Waals surface area contributed by atoms with Gasteiger partial charge in [0.05, 0.1) is 6.61 Å². The summed E-state index contributed by atoms with van der Waals surface area (Å²) in [5, 5.41) is 9.57. The summed E-state index contributed by atoms with van der Waals surface area (Å²) in [6.45, 7) is 22.1. The quantitative estimate of drug-likeness (QED) is 0.226. The van der Waals surface area contributed by atoms with Crippen molar-refractivity contribution in [3.05, 3.63) is 59.3 Å². The van der Waals surface area contributed by atoms with Crippen LogP contribution in [0.25, 0.3) is 0 Å². The van der Waals surface area contributed by atoms with Gasteiger partial charge in [-0.05, 0) is 165 Å². The third-order valence-corrected chi connectivity index (χ3v) is 16.8. The van der Waals surface area contributed by atoms with E-state index in [0.29, 0.717) is 65.4 Å². The summed E-state index contributed by atoms with van der Waals surface area (Å²) in [4.78, 5) is 17.8. The second-order valence-electron chi connectivity index (χ2n) is 19.2. The van der Waals surface area contributed by atoms with Crippen molar-refractivity contribution in [1.82, 2.24) is 4.98 Å². The first-order chi connectivity index (χ1) is 24.1. The van der Waals surface area contributed by atoms with E-state index in [4.69, 9.17) is 15.2 Å². The van der Waals surface area contributed by atoms with Crippen LogP contribution >= 0.6 is 0 Å². The molecule has 4 saturated carbocycles. The number of pyridine rings is 1. The van der Waals surface area contributed by atoms with Crippen molar-refractivity contribution >= 4 is 5.97 Å². The van der Waals surface area contributed by atoms with Crippen LogP contribution < -0.4 is 10.5 Å². The van der Waals surface area contributed by atoms with Crippen LogP contribution in [0, 0.1) is 68.0 Å². The lowest BCUT2D eigenvalue weighted by molar-refractivity contribution is -0.219. The van der Waals surface area contributed by atoms with E-state index in [1.54, 1.807) is 18.3 Å². The minimum atomic E-state index is -0.804. The van der Waals surface area contributed by atoms with Crippen molar-refractivity contribution in [2.75, 3.05) is 13.2 Å².